The van der Waals surface area contributed by atoms with Crippen LogP contribution in [0.2, 0.25) is 0 Å². The lowest BCUT2D eigenvalue weighted by Gasteiger charge is -2.22. The second kappa shape index (κ2) is 8.87. The molecule has 0 fully saturated rings. The first-order valence-electron chi connectivity index (χ1n) is 6.43. The van der Waals surface area contributed by atoms with Crippen molar-refractivity contribution in [3.8, 4) is 5.75 Å². The molecular weight excluding hydrogens is 244 g/mol. The van der Waals surface area contributed by atoms with Gasteiger partial charge >= 0.3 is 0 Å². The van der Waals surface area contributed by atoms with Gasteiger partial charge in [-0.1, -0.05) is 6.07 Å². The number of aliphatic hydroxyl groups is 1. The summed E-state index contributed by atoms with van der Waals surface area (Å²) in [5.74, 6) is 0.845. The van der Waals surface area contributed by atoms with Gasteiger partial charge in [-0.15, -0.1) is 0 Å². The van der Waals surface area contributed by atoms with Crippen molar-refractivity contribution in [3.05, 3.63) is 29.3 Å². The van der Waals surface area contributed by atoms with E-state index in [-0.39, 0.29) is 6.61 Å². The van der Waals surface area contributed by atoms with Crippen LogP contribution in [-0.4, -0.2) is 50.5 Å². The minimum absolute atomic E-state index is 0.128. The number of aliphatic hydroxyl groups excluding tert-OH is 1. The highest BCUT2D eigenvalue weighted by Crippen LogP contribution is 2.21. The summed E-state index contributed by atoms with van der Waals surface area (Å²) < 4.78 is 10.5. The quantitative estimate of drug-likeness (QED) is 0.686. The van der Waals surface area contributed by atoms with Gasteiger partial charge in [-0.05, 0) is 17.7 Å². The molecule has 0 amide bonds. The van der Waals surface area contributed by atoms with Crippen LogP contribution in [0.5, 0.6) is 5.75 Å². The second-order valence-electron chi connectivity index (χ2n) is 4.34. The average molecular weight is 268 g/mol. The minimum Gasteiger partial charge on any atom is -0.496 e. The fourth-order valence-electron chi connectivity index (χ4n) is 1.96. The number of hydrogen-bond donors (Lipinski definition) is 2. The van der Waals surface area contributed by atoms with Gasteiger partial charge in [0.05, 0.1) is 20.3 Å². The Bertz CT molecular complexity index is 372. The van der Waals surface area contributed by atoms with Gasteiger partial charge in [-0.25, -0.2) is 0 Å². The molecular formula is C14H24N2O3. The van der Waals surface area contributed by atoms with E-state index in [1.165, 1.54) is 0 Å². The normalized spacial score (nSPS) is 11.0. The monoisotopic (exact) mass is 268 g/mol. The number of rotatable bonds is 9. The standard InChI is InChI=1S/C14H24N2O3/c1-18-8-6-16(5-7-17)11-13-9-12(10-15)3-4-14(13)19-2/h3-4,9,17H,5-8,10-11,15H2,1-2H3. The summed E-state index contributed by atoms with van der Waals surface area (Å²) >= 11 is 0. The van der Waals surface area contributed by atoms with Crippen LogP contribution in [0, 0.1) is 0 Å². The van der Waals surface area contributed by atoms with Gasteiger partial charge in [-0.3, -0.25) is 4.90 Å². The van der Waals surface area contributed by atoms with E-state index >= 15 is 0 Å². The summed E-state index contributed by atoms with van der Waals surface area (Å²) in [6.45, 7) is 3.37. The van der Waals surface area contributed by atoms with Gasteiger partial charge in [0, 0.05) is 38.9 Å². The molecule has 5 nitrogen and oxygen atoms in total. The van der Waals surface area contributed by atoms with Crippen LogP contribution in [0.1, 0.15) is 11.1 Å². The van der Waals surface area contributed by atoms with Gasteiger partial charge < -0.3 is 20.3 Å². The zero-order valence-electron chi connectivity index (χ0n) is 11.8. The van der Waals surface area contributed by atoms with Crippen molar-refractivity contribution in [1.82, 2.24) is 4.90 Å². The van der Waals surface area contributed by atoms with Gasteiger partial charge in [0.1, 0.15) is 5.75 Å². The first-order valence-corrected chi connectivity index (χ1v) is 6.43. The molecule has 1 aromatic rings. The highest BCUT2D eigenvalue weighted by molar-refractivity contribution is 5.37. The largest absolute Gasteiger partial charge is 0.496 e. The molecule has 19 heavy (non-hydrogen) atoms. The Morgan fingerprint density at radius 1 is 1.26 bits per heavy atom. The topological polar surface area (TPSA) is 68.0 Å². The lowest BCUT2D eigenvalue weighted by atomic mass is 10.1. The van der Waals surface area contributed by atoms with Crippen molar-refractivity contribution in [2.45, 2.75) is 13.1 Å². The maximum Gasteiger partial charge on any atom is 0.123 e. The van der Waals surface area contributed by atoms with Crippen LogP contribution in [0.25, 0.3) is 0 Å². The summed E-state index contributed by atoms with van der Waals surface area (Å²) in [7, 11) is 3.33. The fourth-order valence-corrected chi connectivity index (χ4v) is 1.96. The highest BCUT2D eigenvalue weighted by Gasteiger charge is 2.10. The summed E-state index contributed by atoms with van der Waals surface area (Å²) in [6, 6.07) is 5.95. The zero-order chi connectivity index (χ0) is 14.1. The first-order chi connectivity index (χ1) is 9.24. The molecule has 0 heterocycles. The third-order valence-corrected chi connectivity index (χ3v) is 3.00. The molecule has 0 bridgehead atoms. The molecule has 0 atom stereocenters. The van der Waals surface area contributed by atoms with Crippen molar-refractivity contribution in [3.63, 3.8) is 0 Å². The predicted molar refractivity (Wildman–Crippen MR) is 75.1 cm³/mol. The van der Waals surface area contributed by atoms with Crippen LogP contribution >= 0.6 is 0 Å². The molecule has 0 saturated carbocycles. The number of hydrogen-bond acceptors (Lipinski definition) is 5. The van der Waals surface area contributed by atoms with Crippen LogP contribution < -0.4 is 10.5 Å². The molecule has 5 heteroatoms. The Kier molecular flexibility index (Phi) is 7.43. The molecule has 0 radical (unpaired) electrons. The van der Waals surface area contributed by atoms with Crippen LogP contribution in [0.4, 0.5) is 0 Å². The average Bonchev–Trinajstić information content (AvgIpc) is 2.44. The molecule has 1 rings (SSSR count). The van der Waals surface area contributed by atoms with Crippen LogP contribution in [0.3, 0.4) is 0 Å². The number of benzene rings is 1. The van der Waals surface area contributed by atoms with Crippen molar-refractivity contribution in [1.29, 1.82) is 0 Å². The van der Waals surface area contributed by atoms with E-state index in [1.807, 2.05) is 12.1 Å². The third-order valence-electron chi connectivity index (χ3n) is 3.00. The zero-order valence-corrected chi connectivity index (χ0v) is 11.8. The maximum atomic E-state index is 9.11. The molecule has 0 aliphatic rings. The number of nitrogens with zero attached hydrogens (tertiary/aromatic N) is 1. The Labute approximate surface area is 114 Å². The number of methoxy groups -OCH3 is 2. The number of ether oxygens (including phenoxy) is 2. The van der Waals surface area contributed by atoms with Crippen molar-refractivity contribution < 1.29 is 14.6 Å². The lowest BCUT2D eigenvalue weighted by Crippen LogP contribution is -2.30. The van der Waals surface area contributed by atoms with Gasteiger partial charge in [0.2, 0.25) is 0 Å². The van der Waals surface area contributed by atoms with Gasteiger partial charge in [0.15, 0.2) is 0 Å². The molecule has 0 aliphatic heterocycles. The van der Waals surface area contributed by atoms with Crippen molar-refractivity contribution in [2.24, 2.45) is 5.73 Å². The molecule has 0 spiro atoms. The highest BCUT2D eigenvalue weighted by atomic mass is 16.5. The van der Waals surface area contributed by atoms with Gasteiger partial charge in [0.25, 0.3) is 0 Å². The molecule has 0 unspecified atom stereocenters. The summed E-state index contributed by atoms with van der Waals surface area (Å²) in [4.78, 5) is 2.13. The number of nitrogens with two attached hydrogens (primary N) is 1. The first kappa shape index (κ1) is 15.9. The van der Waals surface area contributed by atoms with Crippen LogP contribution in [-0.2, 0) is 17.8 Å². The molecule has 1 aromatic carbocycles. The molecule has 0 aromatic heterocycles. The maximum absolute atomic E-state index is 9.11. The van der Waals surface area contributed by atoms with E-state index in [2.05, 4.69) is 11.0 Å². The second-order valence-corrected chi connectivity index (χ2v) is 4.34. The smallest absolute Gasteiger partial charge is 0.123 e. The van der Waals surface area contributed by atoms with E-state index in [0.717, 1.165) is 23.4 Å². The molecule has 3 N–H and O–H groups in total. The summed E-state index contributed by atoms with van der Waals surface area (Å²) in [6.07, 6.45) is 0. The Hall–Kier alpha value is -1.14. The van der Waals surface area contributed by atoms with Gasteiger partial charge in [-0.2, -0.15) is 0 Å². The van der Waals surface area contributed by atoms with E-state index < -0.39 is 0 Å². The van der Waals surface area contributed by atoms with E-state index in [9.17, 15) is 0 Å². The predicted octanol–water partition coefficient (Wildman–Crippen LogP) is 0.595. The van der Waals surface area contributed by atoms with E-state index in [4.69, 9.17) is 20.3 Å². The molecule has 0 aliphatic carbocycles. The fraction of sp³-hybridized carbons (Fsp3) is 0.571. The van der Waals surface area contributed by atoms with E-state index in [0.29, 0.717) is 26.2 Å². The lowest BCUT2D eigenvalue weighted by molar-refractivity contribution is 0.126. The van der Waals surface area contributed by atoms with Crippen LogP contribution in [0.15, 0.2) is 18.2 Å². The summed E-state index contributed by atoms with van der Waals surface area (Å²) in [5.41, 5.74) is 7.82. The minimum atomic E-state index is 0.128. The SMILES string of the molecule is COCCN(CCO)Cc1cc(CN)ccc1OC. The Morgan fingerprint density at radius 3 is 2.63 bits per heavy atom. The van der Waals surface area contributed by atoms with Crippen molar-refractivity contribution in [2.75, 3.05) is 40.5 Å². The van der Waals surface area contributed by atoms with Crippen molar-refractivity contribution >= 4 is 0 Å². The molecule has 0 saturated heterocycles. The van der Waals surface area contributed by atoms with E-state index in [1.54, 1.807) is 14.2 Å². The Balaban J connectivity index is 2.80. The Morgan fingerprint density at radius 2 is 2.05 bits per heavy atom. The summed E-state index contributed by atoms with van der Waals surface area (Å²) in [5, 5.41) is 9.11. The third kappa shape index (κ3) is 5.16. The molecule has 108 valence electrons.